The van der Waals surface area contributed by atoms with Gasteiger partial charge >= 0.3 is 0 Å². The highest BCUT2D eigenvalue weighted by Gasteiger charge is 2.29. The first-order valence-corrected chi connectivity index (χ1v) is 8.76. The van der Waals surface area contributed by atoms with Crippen molar-refractivity contribution in [3.8, 4) is 5.69 Å². The fourth-order valence-electron chi connectivity index (χ4n) is 3.22. The van der Waals surface area contributed by atoms with Gasteiger partial charge in [-0.05, 0) is 55.7 Å². The van der Waals surface area contributed by atoms with Crippen LogP contribution in [-0.4, -0.2) is 20.7 Å². The Hall–Kier alpha value is -2.17. The summed E-state index contributed by atoms with van der Waals surface area (Å²) in [6.45, 7) is 12.5. The number of hydrogen-bond acceptors (Lipinski definition) is 3. The number of nitrogens with two attached hydrogens (primary N) is 1. The SMILES string of the molecule is CC.Cc1nn(-c2cnc(C(N)=O)cc2C2CC2)c(C)c1C(C)C. The van der Waals surface area contributed by atoms with E-state index < -0.39 is 5.91 Å². The van der Waals surface area contributed by atoms with Gasteiger partial charge in [-0.3, -0.25) is 4.79 Å². The molecule has 2 aromatic rings. The van der Waals surface area contributed by atoms with Crippen molar-refractivity contribution in [3.63, 3.8) is 0 Å². The van der Waals surface area contributed by atoms with E-state index in [0.717, 1.165) is 35.5 Å². The number of nitrogens with zero attached hydrogens (tertiary/aromatic N) is 3. The summed E-state index contributed by atoms with van der Waals surface area (Å²) in [5.41, 5.74) is 11.3. The number of aryl methyl sites for hydroxylation is 1. The Labute approximate surface area is 144 Å². The largest absolute Gasteiger partial charge is 0.364 e. The zero-order valence-electron chi connectivity index (χ0n) is 15.6. The van der Waals surface area contributed by atoms with Gasteiger partial charge in [-0.25, -0.2) is 9.67 Å². The van der Waals surface area contributed by atoms with Crippen molar-refractivity contribution >= 4 is 5.91 Å². The highest BCUT2D eigenvalue weighted by atomic mass is 16.1. The van der Waals surface area contributed by atoms with E-state index in [1.54, 1.807) is 6.20 Å². The van der Waals surface area contributed by atoms with E-state index in [4.69, 9.17) is 10.8 Å². The van der Waals surface area contributed by atoms with Crippen LogP contribution in [0.15, 0.2) is 12.3 Å². The molecule has 1 aliphatic carbocycles. The molecule has 130 valence electrons. The molecule has 5 heteroatoms. The van der Waals surface area contributed by atoms with Crippen LogP contribution in [-0.2, 0) is 0 Å². The van der Waals surface area contributed by atoms with Gasteiger partial charge in [-0.1, -0.05) is 27.7 Å². The van der Waals surface area contributed by atoms with E-state index in [0.29, 0.717) is 17.5 Å². The number of aromatic nitrogens is 3. The molecule has 1 fully saturated rings. The molecule has 24 heavy (non-hydrogen) atoms. The molecule has 2 aromatic heterocycles. The van der Waals surface area contributed by atoms with Gasteiger partial charge in [-0.2, -0.15) is 5.10 Å². The maximum absolute atomic E-state index is 11.4. The average molecular weight is 328 g/mol. The predicted octanol–water partition coefficient (Wildman–Crippen LogP) is 4.01. The summed E-state index contributed by atoms with van der Waals surface area (Å²) in [5.74, 6) is 0.433. The second-order valence-electron chi connectivity index (χ2n) is 6.42. The normalized spacial score (nSPS) is 13.6. The summed E-state index contributed by atoms with van der Waals surface area (Å²) in [5, 5.41) is 4.71. The van der Waals surface area contributed by atoms with Gasteiger partial charge in [0.05, 0.1) is 17.6 Å². The van der Waals surface area contributed by atoms with Crippen LogP contribution in [0.1, 0.15) is 85.4 Å². The first-order chi connectivity index (χ1) is 11.4. The van der Waals surface area contributed by atoms with Crippen molar-refractivity contribution in [2.75, 3.05) is 0 Å². The third-order valence-electron chi connectivity index (χ3n) is 4.34. The Morgan fingerprint density at radius 2 is 1.92 bits per heavy atom. The Morgan fingerprint density at radius 3 is 2.38 bits per heavy atom. The van der Waals surface area contributed by atoms with Crippen LogP contribution in [0.2, 0.25) is 0 Å². The number of primary amides is 1. The van der Waals surface area contributed by atoms with Crippen LogP contribution in [0.4, 0.5) is 0 Å². The standard InChI is InChI=1S/C17H22N4O.C2H6/c1-9(2)16-10(3)20-21(11(16)4)15-8-19-14(17(18)22)7-13(15)12-5-6-12;1-2/h7-9,12H,5-6H2,1-4H3,(H2,18,22);1-2H3. The molecule has 2 heterocycles. The lowest BCUT2D eigenvalue weighted by atomic mass is 10.0. The van der Waals surface area contributed by atoms with Crippen LogP contribution in [0.3, 0.4) is 0 Å². The Kier molecular flexibility index (Phi) is 5.42. The van der Waals surface area contributed by atoms with Crippen LogP contribution < -0.4 is 5.73 Å². The number of carbonyl (C=O) groups is 1. The fraction of sp³-hybridized carbons (Fsp3) is 0.526. The summed E-state index contributed by atoms with van der Waals surface area (Å²) in [4.78, 5) is 15.6. The zero-order valence-corrected chi connectivity index (χ0v) is 15.6. The number of pyridine rings is 1. The van der Waals surface area contributed by atoms with E-state index in [1.807, 2.05) is 31.5 Å². The summed E-state index contributed by atoms with van der Waals surface area (Å²) in [6.07, 6.45) is 4.02. The molecule has 1 amide bonds. The number of amides is 1. The molecule has 0 atom stereocenters. The molecule has 0 spiro atoms. The van der Waals surface area contributed by atoms with Gasteiger partial charge in [-0.15, -0.1) is 0 Å². The van der Waals surface area contributed by atoms with Crippen LogP contribution in [0.5, 0.6) is 0 Å². The lowest BCUT2D eigenvalue weighted by molar-refractivity contribution is 0.0995. The molecule has 2 N–H and O–H groups in total. The molecule has 0 aliphatic heterocycles. The van der Waals surface area contributed by atoms with Crippen molar-refractivity contribution < 1.29 is 4.79 Å². The maximum Gasteiger partial charge on any atom is 0.267 e. The lowest BCUT2D eigenvalue weighted by Crippen LogP contribution is -2.15. The highest BCUT2D eigenvalue weighted by Crippen LogP contribution is 2.43. The molecule has 0 bridgehead atoms. The molecule has 3 rings (SSSR count). The first kappa shape index (κ1) is 18.2. The van der Waals surface area contributed by atoms with E-state index >= 15 is 0 Å². The van der Waals surface area contributed by atoms with E-state index in [2.05, 4.69) is 25.8 Å². The van der Waals surface area contributed by atoms with Crippen molar-refractivity contribution in [1.29, 1.82) is 0 Å². The Morgan fingerprint density at radius 1 is 1.29 bits per heavy atom. The zero-order chi connectivity index (χ0) is 18.0. The molecular formula is C19H28N4O. The van der Waals surface area contributed by atoms with E-state index in [1.165, 1.54) is 5.56 Å². The van der Waals surface area contributed by atoms with E-state index in [-0.39, 0.29) is 0 Å². The second kappa shape index (κ2) is 7.16. The van der Waals surface area contributed by atoms with Gasteiger partial charge in [0, 0.05) is 5.69 Å². The molecule has 0 radical (unpaired) electrons. The number of rotatable bonds is 4. The fourth-order valence-corrected chi connectivity index (χ4v) is 3.22. The summed E-state index contributed by atoms with van der Waals surface area (Å²) in [7, 11) is 0. The summed E-state index contributed by atoms with van der Waals surface area (Å²) >= 11 is 0. The minimum Gasteiger partial charge on any atom is -0.364 e. The monoisotopic (exact) mass is 328 g/mol. The van der Waals surface area contributed by atoms with Gasteiger partial charge in [0.15, 0.2) is 0 Å². The molecule has 0 unspecified atom stereocenters. The molecule has 0 aromatic carbocycles. The average Bonchev–Trinajstić information content (AvgIpc) is 3.34. The van der Waals surface area contributed by atoms with Gasteiger partial charge in [0.25, 0.3) is 5.91 Å². The molecule has 0 saturated heterocycles. The number of carbonyl (C=O) groups excluding carboxylic acids is 1. The third-order valence-corrected chi connectivity index (χ3v) is 4.34. The third kappa shape index (κ3) is 3.35. The summed E-state index contributed by atoms with van der Waals surface area (Å²) < 4.78 is 1.97. The van der Waals surface area contributed by atoms with Crippen molar-refractivity contribution in [1.82, 2.24) is 14.8 Å². The van der Waals surface area contributed by atoms with Crippen molar-refractivity contribution in [2.45, 2.75) is 66.2 Å². The Balaban J connectivity index is 0.00000100. The minimum atomic E-state index is -0.482. The smallest absolute Gasteiger partial charge is 0.267 e. The van der Waals surface area contributed by atoms with Crippen molar-refractivity contribution in [3.05, 3.63) is 40.5 Å². The van der Waals surface area contributed by atoms with Gasteiger partial charge in [0.1, 0.15) is 5.69 Å². The second-order valence-corrected chi connectivity index (χ2v) is 6.42. The molecule has 1 aliphatic rings. The molecule has 5 nitrogen and oxygen atoms in total. The van der Waals surface area contributed by atoms with Gasteiger partial charge in [0.2, 0.25) is 0 Å². The highest BCUT2D eigenvalue weighted by molar-refractivity contribution is 5.91. The Bertz CT molecular complexity index is 742. The summed E-state index contributed by atoms with van der Waals surface area (Å²) in [6, 6.07) is 1.83. The number of hydrogen-bond donors (Lipinski definition) is 1. The lowest BCUT2D eigenvalue weighted by Gasteiger charge is -2.12. The maximum atomic E-state index is 11.4. The quantitative estimate of drug-likeness (QED) is 0.921. The topological polar surface area (TPSA) is 73.8 Å². The predicted molar refractivity (Wildman–Crippen MR) is 96.8 cm³/mol. The van der Waals surface area contributed by atoms with Crippen LogP contribution in [0, 0.1) is 13.8 Å². The van der Waals surface area contributed by atoms with Gasteiger partial charge < -0.3 is 5.73 Å². The van der Waals surface area contributed by atoms with Crippen LogP contribution >= 0.6 is 0 Å². The molecule has 1 saturated carbocycles. The van der Waals surface area contributed by atoms with E-state index in [9.17, 15) is 4.79 Å². The van der Waals surface area contributed by atoms with Crippen molar-refractivity contribution in [2.24, 2.45) is 5.73 Å². The first-order valence-electron chi connectivity index (χ1n) is 8.76. The van der Waals surface area contributed by atoms with Crippen LogP contribution in [0.25, 0.3) is 5.69 Å². The molecular weight excluding hydrogens is 300 g/mol. The minimum absolute atomic E-state index is 0.330.